The van der Waals surface area contributed by atoms with E-state index in [1.807, 2.05) is 0 Å². The molecule has 1 aliphatic rings. The SMILES string of the molecule is CC1(CNS(=O)(=O)c2cc(CN)oc2Br)CC1. The summed E-state index contributed by atoms with van der Waals surface area (Å²) in [6.45, 7) is 2.70. The first-order valence-corrected chi connectivity index (χ1v) is 7.62. The monoisotopic (exact) mass is 322 g/mol. The third-order valence-corrected chi connectivity index (χ3v) is 5.25. The Labute approximate surface area is 109 Å². The zero-order chi connectivity index (χ0) is 12.7. The zero-order valence-electron chi connectivity index (χ0n) is 9.49. The molecule has 2 rings (SSSR count). The van der Waals surface area contributed by atoms with E-state index in [-0.39, 0.29) is 21.5 Å². The number of furan rings is 1. The van der Waals surface area contributed by atoms with Gasteiger partial charge in [0.2, 0.25) is 10.0 Å². The molecule has 0 spiro atoms. The van der Waals surface area contributed by atoms with Gasteiger partial charge in [0.1, 0.15) is 10.7 Å². The van der Waals surface area contributed by atoms with Crippen LogP contribution in [0.1, 0.15) is 25.5 Å². The standard InChI is InChI=1S/C10H15BrN2O3S/c1-10(2-3-10)6-13-17(14,15)8-4-7(5-12)16-9(8)11/h4,13H,2-3,5-6,12H2,1H3. The summed E-state index contributed by atoms with van der Waals surface area (Å²) in [5.74, 6) is 0.440. The number of sulfonamides is 1. The summed E-state index contributed by atoms with van der Waals surface area (Å²) in [7, 11) is -3.52. The van der Waals surface area contributed by atoms with Crippen molar-refractivity contribution in [2.24, 2.45) is 11.1 Å². The number of hydrogen-bond acceptors (Lipinski definition) is 4. The predicted molar refractivity (Wildman–Crippen MR) is 66.8 cm³/mol. The molecule has 0 aliphatic heterocycles. The third kappa shape index (κ3) is 2.90. The van der Waals surface area contributed by atoms with Gasteiger partial charge in [-0.2, -0.15) is 0 Å². The Morgan fingerprint density at radius 1 is 1.59 bits per heavy atom. The fraction of sp³-hybridized carbons (Fsp3) is 0.600. The van der Waals surface area contributed by atoms with Crippen molar-refractivity contribution in [2.45, 2.75) is 31.2 Å². The molecular formula is C10H15BrN2O3S. The van der Waals surface area contributed by atoms with Crippen molar-refractivity contribution >= 4 is 26.0 Å². The van der Waals surface area contributed by atoms with E-state index in [2.05, 4.69) is 27.6 Å². The molecule has 1 aromatic rings. The van der Waals surface area contributed by atoms with Gasteiger partial charge < -0.3 is 10.2 Å². The molecule has 0 atom stereocenters. The van der Waals surface area contributed by atoms with Crippen molar-refractivity contribution in [3.63, 3.8) is 0 Å². The fourth-order valence-corrected chi connectivity index (χ4v) is 3.61. The van der Waals surface area contributed by atoms with Crippen LogP contribution >= 0.6 is 15.9 Å². The molecule has 0 aromatic carbocycles. The average Bonchev–Trinajstić information content (AvgIpc) is 2.87. The van der Waals surface area contributed by atoms with Gasteiger partial charge in [-0.05, 0) is 34.2 Å². The van der Waals surface area contributed by atoms with Gasteiger partial charge in [0.05, 0.1) is 6.54 Å². The fourth-order valence-electron chi connectivity index (χ4n) is 1.42. The maximum atomic E-state index is 12.0. The lowest BCUT2D eigenvalue weighted by Gasteiger charge is -2.09. The molecule has 0 radical (unpaired) electrons. The summed E-state index contributed by atoms with van der Waals surface area (Å²) in [5.41, 5.74) is 5.52. The van der Waals surface area contributed by atoms with E-state index in [9.17, 15) is 8.42 Å². The molecule has 17 heavy (non-hydrogen) atoms. The lowest BCUT2D eigenvalue weighted by atomic mass is 10.2. The van der Waals surface area contributed by atoms with Gasteiger partial charge in [-0.25, -0.2) is 13.1 Å². The first-order valence-electron chi connectivity index (χ1n) is 5.34. The predicted octanol–water partition coefficient (Wildman–Crippen LogP) is 1.58. The van der Waals surface area contributed by atoms with Gasteiger partial charge in [0, 0.05) is 12.6 Å². The second kappa shape index (κ2) is 4.38. The van der Waals surface area contributed by atoms with E-state index < -0.39 is 10.0 Å². The maximum absolute atomic E-state index is 12.0. The van der Waals surface area contributed by atoms with Crippen LogP contribution in [-0.2, 0) is 16.6 Å². The summed E-state index contributed by atoms with van der Waals surface area (Å²) in [6, 6.07) is 1.45. The van der Waals surface area contributed by atoms with Gasteiger partial charge in [-0.3, -0.25) is 0 Å². The van der Waals surface area contributed by atoms with Crippen LogP contribution in [0.25, 0.3) is 0 Å². The van der Waals surface area contributed by atoms with E-state index >= 15 is 0 Å². The van der Waals surface area contributed by atoms with Gasteiger partial charge in [0.25, 0.3) is 0 Å². The molecule has 0 bridgehead atoms. The number of hydrogen-bond donors (Lipinski definition) is 2. The van der Waals surface area contributed by atoms with Crippen molar-refractivity contribution in [3.8, 4) is 0 Å². The van der Waals surface area contributed by atoms with Crippen LogP contribution in [0.2, 0.25) is 0 Å². The van der Waals surface area contributed by atoms with Gasteiger partial charge >= 0.3 is 0 Å². The highest BCUT2D eigenvalue weighted by Gasteiger charge is 2.38. The molecule has 96 valence electrons. The molecule has 1 fully saturated rings. The highest BCUT2D eigenvalue weighted by atomic mass is 79.9. The Morgan fingerprint density at radius 2 is 2.24 bits per heavy atom. The highest BCUT2D eigenvalue weighted by molar-refractivity contribution is 9.10. The summed E-state index contributed by atoms with van der Waals surface area (Å²) >= 11 is 3.09. The summed E-state index contributed by atoms with van der Waals surface area (Å²) in [6.07, 6.45) is 2.13. The summed E-state index contributed by atoms with van der Waals surface area (Å²) in [5, 5.41) is 0. The largest absolute Gasteiger partial charge is 0.452 e. The highest BCUT2D eigenvalue weighted by Crippen LogP contribution is 2.44. The van der Waals surface area contributed by atoms with Crippen LogP contribution in [0.15, 0.2) is 20.0 Å². The normalized spacial score (nSPS) is 18.3. The van der Waals surface area contributed by atoms with E-state index in [4.69, 9.17) is 10.2 Å². The van der Waals surface area contributed by atoms with E-state index in [0.29, 0.717) is 12.3 Å². The summed E-state index contributed by atoms with van der Waals surface area (Å²) in [4.78, 5) is 0.113. The Kier molecular flexibility index (Phi) is 3.37. The number of nitrogens with one attached hydrogen (secondary N) is 1. The Morgan fingerprint density at radius 3 is 2.71 bits per heavy atom. The van der Waals surface area contributed by atoms with Crippen molar-refractivity contribution in [2.75, 3.05) is 6.54 Å². The van der Waals surface area contributed by atoms with Crippen molar-refractivity contribution in [1.82, 2.24) is 4.72 Å². The first kappa shape index (κ1) is 13.1. The topological polar surface area (TPSA) is 85.3 Å². The maximum Gasteiger partial charge on any atom is 0.244 e. The zero-order valence-corrected chi connectivity index (χ0v) is 11.9. The molecular weight excluding hydrogens is 308 g/mol. The smallest absolute Gasteiger partial charge is 0.244 e. The van der Waals surface area contributed by atoms with E-state index in [1.54, 1.807) is 0 Å². The average molecular weight is 323 g/mol. The third-order valence-electron chi connectivity index (χ3n) is 2.99. The molecule has 0 amide bonds. The molecule has 7 heteroatoms. The molecule has 0 unspecified atom stereocenters. The molecule has 5 nitrogen and oxygen atoms in total. The molecule has 1 saturated carbocycles. The Balaban J connectivity index is 2.15. The van der Waals surface area contributed by atoms with Crippen molar-refractivity contribution in [3.05, 3.63) is 16.5 Å². The molecule has 1 heterocycles. The molecule has 3 N–H and O–H groups in total. The Bertz CT molecular complexity index is 520. The van der Waals surface area contributed by atoms with E-state index in [0.717, 1.165) is 12.8 Å². The number of rotatable bonds is 5. The van der Waals surface area contributed by atoms with Crippen LogP contribution in [0, 0.1) is 5.41 Å². The van der Waals surface area contributed by atoms with Gasteiger partial charge in [-0.1, -0.05) is 6.92 Å². The first-order chi connectivity index (χ1) is 7.86. The van der Waals surface area contributed by atoms with Gasteiger partial charge in [0.15, 0.2) is 4.67 Å². The van der Waals surface area contributed by atoms with Crippen LogP contribution in [-0.4, -0.2) is 15.0 Å². The number of nitrogens with two attached hydrogens (primary N) is 1. The summed E-state index contributed by atoms with van der Waals surface area (Å²) < 4.78 is 32.0. The van der Waals surface area contributed by atoms with Crippen LogP contribution in [0.5, 0.6) is 0 Å². The van der Waals surface area contributed by atoms with Crippen LogP contribution in [0.3, 0.4) is 0 Å². The minimum atomic E-state index is -3.52. The van der Waals surface area contributed by atoms with E-state index in [1.165, 1.54) is 6.07 Å². The van der Waals surface area contributed by atoms with Crippen molar-refractivity contribution < 1.29 is 12.8 Å². The number of halogens is 1. The second-order valence-corrected chi connectivity index (χ2v) is 7.15. The molecule has 1 aliphatic carbocycles. The van der Waals surface area contributed by atoms with Crippen LogP contribution in [0.4, 0.5) is 0 Å². The second-order valence-electron chi connectivity index (χ2n) is 4.69. The molecule has 1 aromatic heterocycles. The van der Waals surface area contributed by atoms with Gasteiger partial charge in [-0.15, -0.1) is 0 Å². The van der Waals surface area contributed by atoms with Crippen LogP contribution < -0.4 is 10.5 Å². The minimum Gasteiger partial charge on any atom is -0.452 e. The Hall–Kier alpha value is -0.370. The quantitative estimate of drug-likeness (QED) is 0.861. The molecule has 0 saturated heterocycles. The lowest BCUT2D eigenvalue weighted by molar-refractivity contribution is 0.482. The minimum absolute atomic E-state index is 0.113. The lowest BCUT2D eigenvalue weighted by Crippen LogP contribution is -2.29. The van der Waals surface area contributed by atoms with Crippen molar-refractivity contribution in [1.29, 1.82) is 0 Å².